The van der Waals surface area contributed by atoms with Gasteiger partial charge in [0, 0.05) is 5.56 Å². The normalized spacial score (nSPS) is 10.3. The minimum atomic E-state index is -1.53. The summed E-state index contributed by atoms with van der Waals surface area (Å²) in [7, 11) is 0. The van der Waals surface area contributed by atoms with Gasteiger partial charge in [-0.05, 0) is 29.8 Å². The number of hydrogen-bond donors (Lipinski definition) is 1. The molecule has 0 aromatic heterocycles. The van der Waals surface area contributed by atoms with Gasteiger partial charge in [-0.2, -0.15) is 0 Å². The van der Waals surface area contributed by atoms with Crippen LogP contribution in [0, 0.1) is 17.5 Å². The van der Waals surface area contributed by atoms with Crippen LogP contribution in [0.1, 0.15) is 0 Å². The molecule has 2 aromatic carbocycles. The molecule has 0 saturated carbocycles. The molecule has 0 saturated heterocycles. The first-order valence-electron chi connectivity index (χ1n) is 5.57. The number of halogens is 3. The zero-order valence-electron chi connectivity index (χ0n) is 10.1. The first kappa shape index (κ1) is 13.9. The average Bonchev–Trinajstić information content (AvgIpc) is 2.43. The molecule has 0 unspecified atom stereocenters. The van der Waals surface area contributed by atoms with Crippen molar-refractivity contribution in [3.63, 3.8) is 0 Å². The fraction of sp³-hybridized carbons (Fsp3) is 0.0714. The number of carbonyl (C=O) groups is 1. The molecule has 0 heterocycles. The molecule has 0 amide bonds. The monoisotopic (exact) mass is 282 g/mol. The van der Waals surface area contributed by atoms with E-state index < -0.39 is 30.0 Å². The summed E-state index contributed by atoms with van der Waals surface area (Å²) in [5.41, 5.74) is 0.234. The molecule has 2 rings (SSSR count). The molecular weight excluding hydrogens is 273 g/mol. The first-order valence-corrected chi connectivity index (χ1v) is 5.57. The van der Waals surface area contributed by atoms with E-state index in [-0.39, 0.29) is 11.3 Å². The van der Waals surface area contributed by atoms with Crippen LogP contribution in [0.4, 0.5) is 13.2 Å². The van der Waals surface area contributed by atoms with Crippen molar-refractivity contribution < 1.29 is 27.8 Å². The number of rotatable bonds is 4. The van der Waals surface area contributed by atoms with E-state index in [1.54, 1.807) is 0 Å². The third kappa shape index (κ3) is 2.90. The third-order valence-corrected chi connectivity index (χ3v) is 2.56. The van der Waals surface area contributed by atoms with E-state index >= 15 is 0 Å². The number of ether oxygens (including phenoxy) is 1. The van der Waals surface area contributed by atoms with Gasteiger partial charge < -0.3 is 9.84 Å². The minimum Gasteiger partial charge on any atom is -0.482 e. The number of hydrogen-bond acceptors (Lipinski definition) is 2. The molecule has 0 atom stereocenters. The van der Waals surface area contributed by atoms with Crippen molar-refractivity contribution in [2.24, 2.45) is 0 Å². The maximum Gasteiger partial charge on any atom is 0.341 e. The van der Waals surface area contributed by atoms with Crippen LogP contribution in [-0.2, 0) is 4.79 Å². The molecule has 0 fully saturated rings. The first-order chi connectivity index (χ1) is 9.49. The van der Waals surface area contributed by atoms with Crippen LogP contribution >= 0.6 is 0 Å². The molecule has 1 N–H and O–H groups in total. The van der Waals surface area contributed by atoms with Crippen LogP contribution < -0.4 is 4.74 Å². The summed E-state index contributed by atoms with van der Waals surface area (Å²) in [5.74, 6) is -4.91. The van der Waals surface area contributed by atoms with Crippen molar-refractivity contribution in [1.82, 2.24) is 0 Å². The van der Waals surface area contributed by atoms with Crippen LogP contribution in [0.2, 0.25) is 0 Å². The molecular formula is C14H9F3O3. The Morgan fingerprint density at radius 3 is 2.25 bits per heavy atom. The molecule has 2 aromatic rings. The van der Waals surface area contributed by atoms with E-state index in [1.165, 1.54) is 24.3 Å². The van der Waals surface area contributed by atoms with Gasteiger partial charge in [-0.3, -0.25) is 0 Å². The highest BCUT2D eigenvalue weighted by molar-refractivity contribution is 5.69. The quantitative estimate of drug-likeness (QED) is 0.876. The molecule has 104 valence electrons. The van der Waals surface area contributed by atoms with Crippen molar-refractivity contribution in [2.75, 3.05) is 6.61 Å². The summed E-state index contributed by atoms with van der Waals surface area (Å²) in [4.78, 5) is 10.3. The van der Waals surface area contributed by atoms with Gasteiger partial charge >= 0.3 is 5.97 Å². The number of carboxylic acid groups (broad SMARTS) is 1. The maximum absolute atomic E-state index is 13.6. The van der Waals surface area contributed by atoms with Gasteiger partial charge in [0.25, 0.3) is 0 Å². The highest BCUT2D eigenvalue weighted by Gasteiger charge is 2.14. The van der Waals surface area contributed by atoms with Crippen LogP contribution in [0.25, 0.3) is 11.1 Å². The number of aliphatic carboxylic acids is 1. The summed E-state index contributed by atoms with van der Waals surface area (Å²) in [6.07, 6.45) is 0. The molecule has 0 bridgehead atoms. The summed E-state index contributed by atoms with van der Waals surface area (Å²) in [5, 5.41) is 8.45. The fourth-order valence-electron chi connectivity index (χ4n) is 1.62. The smallest absolute Gasteiger partial charge is 0.341 e. The summed E-state index contributed by atoms with van der Waals surface area (Å²) in [6.45, 7) is -0.501. The van der Waals surface area contributed by atoms with E-state index in [2.05, 4.69) is 0 Å². The van der Waals surface area contributed by atoms with Crippen LogP contribution in [0.3, 0.4) is 0 Å². The van der Waals surface area contributed by atoms with Gasteiger partial charge in [0.05, 0.1) is 0 Å². The molecule has 3 nitrogen and oxygen atoms in total. The lowest BCUT2D eigenvalue weighted by atomic mass is 10.0. The fourth-order valence-corrected chi connectivity index (χ4v) is 1.62. The lowest BCUT2D eigenvalue weighted by Crippen LogP contribution is -2.09. The van der Waals surface area contributed by atoms with E-state index in [4.69, 9.17) is 9.84 Å². The molecule has 0 aliphatic carbocycles. The van der Waals surface area contributed by atoms with E-state index in [9.17, 15) is 18.0 Å². The van der Waals surface area contributed by atoms with Gasteiger partial charge in [0.1, 0.15) is 5.75 Å². The highest BCUT2D eigenvalue weighted by atomic mass is 19.2. The SMILES string of the molecule is O=C(O)COc1ccc(-c2ccc(F)c(F)c2F)cc1. The van der Waals surface area contributed by atoms with Gasteiger partial charge in [-0.25, -0.2) is 18.0 Å². The van der Waals surface area contributed by atoms with Gasteiger partial charge in [-0.1, -0.05) is 12.1 Å². The second kappa shape index (κ2) is 5.64. The van der Waals surface area contributed by atoms with E-state index in [0.29, 0.717) is 5.56 Å². The molecule has 0 spiro atoms. The summed E-state index contributed by atoms with van der Waals surface area (Å²) >= 11 is 0. The Morgan fingerprint density at radius 2 is 1.65 bits per heavy atom. The summed E-state index contributed by atoms with van der Waals surface area (Å²) < 4.78 is 44.4. The zero-order valence-corrected chi connectivity index (χ0v) is 10.1. The minimum absolute atomic E-state index is 0.0892. The zero-order chi connectivity index (χ0) is 14.7. The second-order valence-electron chi connectivity index (χ2n) is 3.93. The largest absolute Gasteiger partial charge is 0.482 e. The Hall–Kier alpha value is -2.50. The lowest BCUT2D eigenvalue weighted by Gasteiger charge is -2.07. The Bertz CT molecular complexity index is 639. The standard InChI is InChI=1S/C14H9F3O3/c15-11-6-5-10(13(16)14(11)17)8-1-3-9(4-2-8)20-7-12(18)19/h1-6H,7H2,(H,18,19). The highest BCUT2D eigenvalue weighted by Crippen LogP contribution is 2.27. The van der Waals surface area contributed by atoms with Gasteiger partial charge in [0.2, 0.25) is 0 Å². The molecule has 0 radical (unpaired) electrons. The van der Waals surface area contributed by atoms with Gasteiger partial charge in [-0.15, -0.1) is 0 Å². The average molecular weight is 282 g/mol. The van der Waals surface area contributed by atoms with Crippen LogP contribution in [-0.4, -0.2) is 17.7 Å². The Balaban J connectivity index is 2.26. The number of benzene rings is 2. The van der Waals surface area contributed by atoms with Crippen molar-refractivity contribution in [1.29, 1.82) is 0 Å². The Morgan fingerprint density at radius 1 is 1.00 bits per heavy atom. The van der Waals surface area contributed by atoms with Crippen molar-refractivity contribution in [3.05, 3.63) is 53.8 Å². The summed E-state index contributed by atoms with van der Waals surface area (Å²) in [6, 6.07) is 7.64. The Labute approximate surface area is 112 Å². The van der Waals surface area contributed by atoms with Crippen molar-refractivity contribution in [3.8, 4) is 16.9 Å². The molecule has 0 aliphatic rings. The van der Waals surface area contributed by atoms with Crippen molar-refractivity contribution >= 4 is 5.97 Å². The molecule has 6 heteroatoms. The maximum atomic E-state index is 13.6. The van der Waals surface area contributed by atoms with Gasteiger partial charge in [0.15, 0.2) is 24.1 Å². The second-order valence-corrected chi connectivity index (χ2v) is 3.93. The van der Waals surface area contributed by atoms with Crippen LogP contribution in [0.5, 0.6) is 5.75 Å². The van der Waals surface area contributed by atoms with E-state index in [0.717, 1.165) is 12.1 Å². The third-order valence-electron chi connectivity index (χ3n) is 2.56. The lowest BCUT2D eigenvalue weighted by molar-refractivity contribution is -0.139. The van der Waals surface area contributed by atoms with E-state index in [1.807, 2.05) is 0 Å². The predicted octanol–water partition coefficient (Wildman–Crippen LogP) is 3.23. The van der Waals surface area contributed by atoms with Crippen LogP contribution in [0.15, 0.2) is 36.4 Å². The topological polar surface area (TPSA) is 46.5 Å². The number of carboxylic acids is 1. The van der Waals surface area contributed by atoms with Crippen molar-refractivity contribution in [2.45, 2.75) is 0 Å². The predicted molar refractivity (Wildman–Crippen MR) is 64.9 cm³/mol. The Kier molecular flexibility index (Phi) is 3.93. The molecule has 20 heavy (non-hydrogen) atoms. The molecule has 0 aliphatic heterocycles.